The molecule has 0 saturated carbocycles. The van der Waals surface area contributed by atoms with Crippen LogP contribution in [0.15, 0.2) is 60.9 Å². The van der Waals surface area contributed by atoms with Crippen molar-refractivity contribution in [3.05, 3.63) is 66.5 Å². The van der Waals surface area contributed by atoms with Crippen LogP contribution in [0.25, 0.3) is 10.9 Å². The summed E-state index contributed by atoms with van der Waals surface area (Å²) in [5.41, 5.74) is 1.11. The van der Waals surface area contributed by atoms with Gasteiger partial charge in [-0.15, -0.1) is 0 Å². The number of aliphatic carboxylic acids is 1. The van der Waals surface area contributed by atoms with E-state index >= 15 is 0 Å². The van der Waals surface area contributed by atoms with Crippen molar-refractivity contribution in [3.8, 4) is 11.5 Å². The zero-order valence-electron chi connectivity index (χ0n) is 22.6. The maximum Gasteiger partial charge on any atom is 0.309 e. The number of hydrogen-bond donors (Lipinski definition) is 3. The fourth-order valence-electron chi connectivity index (χ4n) is 4.90. The molecule has 0 radical (unpaired) electrons. The van der Waals surface area contributed by atoms with E-state index in [0.29, 0.717) is 25.4 Å². The molecule has 1 saturated heterocycles. The molecule has 0 bridgehead atoms. The minimum atomic E-state index is -0.827. The highest BCUT2D eigenvalue weighted by Gasteiger charge is 2.27. The van der Waals surface area contributed by atoms with Gasteiger partial charge in [-0.3, -0.25) is 9.78 Å². The normalized spacial score (nSPS) is 15.8. The zero-order chi connectivity index (χ0) is 27.4. The first-order valence-electron chi connectivity index (χ1n) is 13.4. The van der Waals surface area contributed by atoms with E-state index in [-0.39, 0.29) is 6.10 Å². The van der Waals surface area contributed by atoms with E-state index in [1.807, 2.05) is 55.5 Å². The number of benzene rings is 2. The van der Waals surface area contributed by atoms with Crippen LogP contribution in [0.1, 0.15) is 39.2 Å². The van der Waals surface area contributed by atoms with Crippen LogP contribution in [0.5, 0.6) is 11.5 Å². The Kier molecular flexibility index (Phi) is 7.58. The number of rotatable bonds is 10. The first-order valence-corrected chi connectivity index (χ1v) is 13.4. The van der Waals surface area contributed by atoms with E-state index < -0.39 is 11.4 Å². The third kappa shape index (κ3) is 6.25. The number of H-pyrrole nitrogens is 1. The number of aromatic amines is 1. The number of ether oxygens (including phenoxy) is 2. The molecular weight excluding hydrogens is 494 g/mol. The number of nitrogens with one attached hydrogen (secondary N) is 2. The van der Waals surface area contributed by atoms with Gasteiger partial charge in [0, 0.05) is 17.4 Å². The molecule has 0 unspecified atom stereocenters. The van der Waals surface area contributed by atoms with Gasteiger partial charge in [0.25, 0.3) is 0 Å². The maximum atomic E-state index is 11.5. The van der Waals surface area contributed by atoms with Gasteiger partial charge in [0.05, 0.1) is 31.0 Å². The van der Waals surface area contributed by atoms with E-state index in [1.54, 1.807) is 26.2 Å². The summed E-state index contributed by atoms with van der Waals surface area (Å²) in [7, 11) is 0. The Bertz CT molecular complexity index is 1450. The third-order valence-corrected chi connectivity index (χ3v) is 6.94. The average Bonchev–Trinajstić information content (AvgIpc) is 3.31. The molecule has 1 fully saturated rings. The zero-order valence-corrected chi connectivity index (χ0v) is 22.6. The molecule has 0 spiro atoms. The predicted octanol–water partition coefficient (Wildman–Crippen LogP) is 5.80. The van der Waals surface area contributed by atoms with Crippen molar-refractivity contribution in [1.29, 1.82) is 0 Å². The van der Waals surface area contributed by atoms with Crippen LogP contribution >= 0.6 is 0 Å². The molecule has 0 aliphatic carbocycles. The first-order chi connectivity index (χ1) is 18.8. The summed E-state index contributed by atoms with van der Waals surface area (Å²) in [6.07, 6.45) is 5.91. The summed E-state index contributed by atoms with van der Waals surface area (Å²) in [6.45, 7) is 7.63. The molecule has 2 aromatic carbocycles. The van der Waals surface area contributed by atoms with E-state index in [1.165, 1.54) is 0 Å². The number of piperidine rings is 1. The number of fused-ring (bicyclic) bond motifs is 1. The topological polar surface area (TPSA) is 113 Å². The molecule has 1 atom stereocenters. The summed E-state index contributed by atoms with van der Waals surface area (Å²) in [6, 6.07) is 15.8. The summed E-state index contributed by atoms with van der Waals surface area (Å²) in [5, 5.41) is 13.8. The van der Waals surface area contributed by atoms with Crippen LogP contribution in [0.4, 0.5) is 17.5 Å². The minimum absolute atomic E-state index is 0.0211. The van der Waals surface area contributed by atoms with Crippen LogP contribution < -0.4 is 19.7 Å². The summed E-state index contributed by atoms with van der Waals surface area (Å²) < 4.78 is 12.1. The smallest absolute Gasteiger partial charge is 0.309 e. The summed E-state index contributed by atoms with van der Waals surface area (Å²) in [5.74, 6) is 2.94. The van der Waals surface area contributed by atoms with Crippen molar-refractivity contribution in [1.82, 2.24) is 15.0 Å². The number of nitrogens with zero attached hydrogens (tertiary/aromatic N) is 3. The quantitative estimate of drug-likeness (QED) is 0.236. The van der Waals surface area contributed by atoms with Crippen LogP contribution in [0.2, 0.25) is 0 Å². The van der Waals surface area contributed by atoms with Gasteiger partial charge in [-0.2, -0.15) is 0 Å². The Morgan fingerprint density at radius 3 is 2.79 bits per heavy atom. The van der Waals surface area contributed by atoms with Crippen molar-refractivity contribution in [2.24, 2.45) is 5.41 Å². The van der Waals surface area contributed by atoms with Gasteiger partial charge in [-0.1, -0.05) is 18.2 Å². The second-order valence-corrected chi connectivity index (χ2v) is 10.6. The van der Waals surface area contributed by atoms with E-state index in [9.17, 15) is 9.90 Å². The molecule has 3 N–H and O–H groups in total. The van der Waals surface area contributed by atoms with Crippen LogP contribution in [-0.2, 0) is 11.2 Å². The van der Waals surface area contributed by atoms with Crippen molar-refractivity contribution >= 4 is 34.3 Å². The molecule has 39 heavy (non-hydrogen) atoms. The van der Waals surface area contributed by atoms with Crippen molar-refractivity contribution < 1.29 is 19.4 Å². The fraction of sp³-hybridized carbons (Fsp3) is 0.367. The molecule has 3 heterocycles. The highest BCUT2D eigenvalue weighted by atomic mass is 16.5. The molecule has 4 aromatic rings. The Morgan fingerprint density at radius 1 is 1.18 bits per heavy atom. The van der Waals surface area contributed by atoms with Gasteiger partial charge >= 0.3 is 5.97 Å². The second kappa shape index (κ2) is 11.2. The molecule has 9 heteroatoms. The molecule has 1 aliphatic heterocycles. The Balaban J connectivity index is 1.27. The van der Waals surface area contributed by atoms with Gasteiger partial charge in [0.15, 0.2) is 17.3 Å². The molecule has 1 aliphatic rings. The monoisotopic (exact) mass is 529 g/mol. The lowest BCUT2D eigenvalue weighted by Crippen LogP contribution is -2.41. The van der Waals surface area contributed by atoms with Crippen LogP contribution in [0.3, 0.4) is 0 Å². The van der Waals surface area contributed by atoms with Gasteiger partial charge in [0.2, 0.25) is 0 Å². The fourth-order valence-corrected chi connectivity index (χ4v) is 4.90. The number of aromatic nitrogens is 3. The highest BCUT2D eigenvalue weighted by molar-refractivity contribution is 5.85. The highest BCUT2D eigenvalue weighted by Crippen LogP contribution is 2.31. The minimum Gasteiger partial charge on any atom is -0.490 e. The number of carboxylic acids is 1. The predicted molar refractivity (Wildman–Crippen MR) is 152 cm³/mol. The average molecular weight is 530 g/mol. The van der Waals surface area contributed by atoms with Gasteiger partial charge < -0.3 is 29.8 Å². The molecule has 204 valence electrons. The van der Waals surface area contributed by atoms with Crippen molar-refractivity contribution in [2.75, 3.05) is 29.9 Å². The number of para-hydroxylation sites is 2. The third-order valence-electron chi connectivity index (χ3n) is 6.94. The molecule has 9 nitrogen and oxygen atoms in total. The van der Waals surface area contributed by atoms with E-state index in [2.05, 4.69) is 20.2 Å². The maximum absolute atomic E-state index is 11.5. The van der Waals surface area contributed by atoms with Crippen LogP contribution in [-0.4, -0.2) is 51.8 Å². The number of carboxylic acid groups (broad SMARTS) is 1. The lowest BCUT2D eigenvalue weighted by atomic mass is 9.86. The summed E-state index contributed by atoms with van der Waals surface area (Å²) in [4.78, 5) is 26.4. The molecule has 2 aromatic heterocycles. The summed E-state index contributed by atoms with van der Waals surface area (Å²) >= 11 is 0. The number of carbonyl (C=O) groups is 1. The van der Waals surface area contributed by atoms with Gasteiger partial charge in [-0.05, 0) is 75.9 Å². The number of anilines is 3. The molecule has 0 amide bonds. The van der Waals surface area contributed by atoms with E-state index in [4.69, 9.17) is 14.5 Å². The lowest BCUT2D eigenvalue weighted by molar-refractivity contribution is -0.146. The lowest BCUT2D eigenvalue weighted by Gasteiger charge is -2.33. The van der Waals surface area contributed by atoms with Crippen molar-refractivity contribution in [3.63, 3.8) is 0 Å². The molecular formula is C30H35N5O4. The van der Waals surface area contributed by atoms with Gasteiger partial charge in [0.1, 0.15) is 17.7 Å². The standard InChI is InChI=1S/C30H35N5O4/c1-4-38-24-9-5-6-10-25(24)39-22-8-7-13-35(19-22)28-18-31-17-27(34-28)33-26-15-21-14-20(11-12-23(21)32-26)16-30(2,3)29(36)37/h5-6,9-12,14-15,17-18,22,32H,4,7-8,13,16,19H2,1-3H3,(H,33,34)(H,36,37)/t22-/m1/s1. The van der Waals surface area contributed by atoms with Crippen molar-refractivity contribution in [2.45, 2.75) is 46.1 Å². The Morgan fingerprint density at radius 2 is 2.00 bits per heavy atom. The second-order valence-electron chi connectivity index (χ2n) is 10.6. The van der Waals surface area contributed by atoms with Crippen LogP contribution in [0, 0.1) is 5.41 Å². The Labute approximate surface area is 228 Å². The number of hydrogen-bond acceptors (Lipinski definition) is 7. The SMILES string of the molecule is CCOc1ccccc1O[C@@H]1CCCN(c2cncc(Nc3cc4cc(CC(C)(C)C(=O)O)ccc4[nH]3)n2)C1. The largest absolute Gasteiger partial charge is 0.490 e. The first kappa shape index (κ1) is 26.3. The molecule has 5 rings (SSSR count). The Hall–Kier alpha value is -4.27. The van der Waals surface area contributed by atoms with Gasteiger partial charge in [-0.25, -0.2) is 4.98 Å². The van der Waals surface area contributed by atoms with E-state index in [0.717, 1.165) is 59.0 Å².